The van der Waals surface area contributed by atoms with E-state index in [0.29, 0.717) is 0 Å². The first-order valence-electron chi connectivity index (χ1n) is 5.08. The maximum absolute atomic E-state index is 5.28. The van der Waals surface area contributed by atoms with Crippen molar-refractivity contribution >= 4 is 5.69 Å². The SMILES string of the molecule is C#CC(C)Nc1ccc(CCC)cc1. The molecule has 0 saturated carbocycles. The summed E-state index contributed by atoms with van der Waals surface area (Å²) in [6.07, 6.45) is 7.62. The maximum atomic E-state index is 5.28. The fourth-order valence-electron chi connectivity index (χ4n) is 1.35. The molecule has 74 valence electrons. The van der Waals surface area contributed by atoms with Gasteiger partial charge in [-0.3, -0.25) is 0 Å². The molecule has 1 aromatic carbocycles. The molecule has 0 fully saturated rings. The minimum atomic E-state index is 0.0898. The van der Waals surface area contributed by atoms with Gasteiger partial charge in [0.05, 0.1) is 6.04 Å². The Balaban J connectivity index is 2.60. The van der Waals surface area contributed by atoms with Crippen LogP contribution in [0.25, 0.3) is 0 Å². The Morgan fingerprint density at radius 1 is 1.36 bits per heavy atom. The van der Waals surface area contributed by atoms with E-state index in [0.717, 1.165) is 12.1 Å². The highest BCUT2D eigenvalue weighted by Gasteiger charge is 1.96. The predicted octanol–water partition coefficient (Wildman–Crippen LogP) is 3.07. The Hall–Kier alpha value is -1.42. The fraction of sp³-hybridized carbons (Fsp3) is 0.385. The van der Waals surface area contributed by atoms with Crippen LogP contribution in [-0.2, 0) is 6.42 Å². The third-order valence-electron chi connectivity index (χ3n) is 2.13. The molecule has 0 aromatic heterocycles. The van der Waals surface area contributed by atoms with Gasteiger partial charge < -0.3 is 5.32 Å². The molecule has 0 bridgehead atoms. The maximum Gasteiger partial charge on any atom is 0.0845 e. The smallest absolute Gasteiger partial charge is 0.0845 e. The molecule has 1 nitrogen and oxygen atoms in total. The zero-order valence-electron chi connectivity index (χ0n) is 8.88. The molecule has 1 N–H and O–H groups in total. The zero-order valence-corrected chi connectivity index (χ0v) is 8.88. The lowest BCUT2D eigenvalue weighted by Gasteiger charge is -2.09. The Kier molecular flexibility index (Phi) is 4.07. The predicted molar refractivity (Wildman–Crippen MR) is 62.4 cm³/mol. The minimum absolute atomic E-state index is 0.0898. The summed E-state index contributed by atoms with van der Waals surface area (Å²) >= 11 is 0. The van der Waals surface area contributed by atoms with Crippen LogP contribution in [0.15, 0.2) is 24.3 Å². The molecule has 0 aliphatic heterocycles. The molecule has 1 atom stereocenters. The summed E-state index contributed by atoms with van der Waals surface area (Å²) in [6, 6.07) is 8.55. The summed E-state index contributed by atoms with van der Waals surface area (Å²) in [6.45, 7) is 4.16. The van der Waals surface area contributed by atoms with Crippen molar-refractivity contribution in [2.24, 2.45) is 0 Å². The second-order valence-corrected chi connectivity index (χ2v) is 3.48. The van der Waals surface area contributed by atoms with E-state index in [1.165, 1.54) is 12.0 Å². The van der Waals surface area contributed by atoms with Gasteiger partial charge in [0.15, 0.2) is 0 Å². The van der Waals surface area contributed by atoms with Gasteiger partial charge in [-0.15, -0.1) is 6.42 Å². The molecular formula is C13H17N. The van der Waals surface area contributed by atoms with E-state index in [2.05, 4.69) is 42.4 Å². The van der Waals surface area contributed by atoms with Crippen molar-refractivity contribution in [2.75, 3.05) is 5.32 Å². The van der Waals surface area contributed by atoms with E-state index in [-0.39, 0.29) is 6.04 Å². The average Bonchev–Trinajstić information content (AvgIpc) is 2.21. The van der Waals surface area contributed by atoms with Crippen molar-refractivity contribution in [2.45, 2.75) is 32.7 Å². The van der Waals surface area contributed by atoms with Gasteiger partial charge in [-0.2, -0.15) is 0 Å². The van der Waals surface area contributed by atoms with Gasteiger partial charge in [0.1, 0.15) is 0 Å². The van der Waals surface area contributed by atoms with E-state index in [1.54, 1.807) is 0 Å². The van der Waals surface area contributed by atoms with E-state index < -0.39 is 0 Å². The molecule has 1 aromatic rings. The van der Waals surface area contributed by atoms with Crippen molar-refractivity contribution in [3.05, 3.63) is 29.8 Å². The van der Waals surface area contributed by atoms with Crippen LogP contribution in [0.1, 0.15) is 25.8 Å². The highest BCUT2D eigenvalue weighted by Crippen LogP contribution is 2.11. The van der Waals surface area contributed by atoms with Crippen LogP contribution in [0.4, 0.5) is 5.69 Å². The number of hydrogen-bond acceptors (Lipinski definition) is 1. The molecule has 14 heavy (non-hydrogen) atoms. The Morgan fingerprint density at radius 2 is 2.00 bits per heavy atom. The average molecular weight is 187 g/mol. The molecule has 0 heterocycles. The molecule has 1 unspecified atom stereocenters. The van der Waals surface area contributed by atoms with Gasteiger partial charge in [-0.05, 0) is 31.0 Å². The van der Waals surface area contributed by atoms with E-state index >= 15 is 0 Å². The molecular weight excluding hydrogens is 170 g/mol. The summed E-state index contributed by atoms with van der Waals surface area (Å²) in [7, 11) is 0. The normalized spacial score (nSPS) is 11.8. The molecule has 0 aliphatic carbocycles. The lowest BCUT2D eigenvalue weighted by molar-refractivity contribution is 0.921. The molecule has 0 radical (unpaired) electrons. The van der Waals surface area contributed by atoms with Crippen LogP contribution in [0.2, 0.25) is 0 Å². The second kappa shape index (κ2) is 5.34. The summed E-state index contributed by atoms with van der Waals surface area (Å²) < 4.78 is 0. The van der Waals surface area contributed by atoms with Crippen LogP contribution in [0.5, 0.6) is 0 Å². The van der Waals surface area contributed by atoms with Crippen LogP contribution in [0.3, 0.4) is 0 Å². The Bertz CT molecular complexity index is 305. The van der Waals surface area contributed by atoms with Gasteiger partial charge in [0, 0.05) is 5.69 Å². The topological polar surface area (TPSA) is 12.0 Å². The molecule has 1 heteroatoms. The third-order valence-corrected chi connectivity index (χ3v) is 2.13. The van der Waals surface area contributed by atoms with E-state index in [9.17, 15) is 0 Å². The highest BCUT2D eigenvalue weighted by atomic mass is 14.9. The van der Waals surface area contributed by atoms with Crippen molar-refractivity contribution < 1.29 is 0 Å². The van der Waals surface area contributed by atoms with Gasteiger partial charge in [-0.25, -0.2) is 0 Å². The van der Waals surface area contributed by atoms with Crippen LogP contribution in [-0.4, -0.2) is 6.04 Å². The lowest BCUT2D eigenvalue weighted by Crippen LogP contribution is -2.11. The Morgan fingerprint density at radius 3 is 2.50 bits per heavy atom. The number of nitrogens with one attached hydrogen (secondary N) is 1. The van der Waals surface area contributed by atoms with Gasteiger partial charge >= 0.3 is 0 Å². The second-order valence-electron chi connectivity index (χ2n) is 3.48. The number of anilines is 1. The van der Waals surface area contributed by atoms with Gasteiger partial charge in [-0.1, -0.05) is 31.4 Å². The van der Waals surface area contributed by atoms with Crippen LogP contribution in [0, 0.1) is 12.3 Å². The number of rotatable bonds is 4. The van der Waals surface area contributed by atoms with Gasteiger partial charge in [0.25, 0.3) is 0 Å². The largest absolute Gasteiger partial charge is 0.372 e. The first-order valence-corrected chi connectivity index (χ1v) is 5.08. The van der Waals surface area contributed by atoms with Crippen molar-refractivity contribution in [3.63, 3.8) is 0 Å². The number of aryl methyl sites for hydroxylation is 1. The van der Waals surface area contributed by atoms with Crippen molar-refractivity contribution in [1.82, 2.24) is 0 Å². The molecule has 1 rings (SSSR count). The van der Waals surface area contributed by atoms with Crippen molar-refractivity contribution in [3.8, 4) is 12.3 Å². The number of hydrogen-bond donors (Lipinski definition) is 1. The molecule has 0 aliphatic rings. The van der Waals surface area contributed by atoms with E-state index in [4.69, 9.17) is 6.42 Å². The molecule has 0 amide bonds. The first kappa shape index (κ1) is 10.7. The molecule has 0 saturated heterocycles. The summed E-state index contributed by atoms with van der Waals surface area (Å²) in [5, 5.41) is 3.22. The third kappa shape index (κ3) is 3.14. The van der Waals surface area contributed by atoms with Crippen LogP contribution >= 0.6 is 0 Å². The first-order chi connectivity index (χ1) is 6.76. The highest BCUT2D eigenvalue weighted by molar-refractivity contribution is 5.46. The zero-order chi connectivity index (χ0) is 10.4. The van der Waals surface area contributed by atoms with Gasteiger partial charge in [0.2, 0.25) is 0 Å². The standard InChI is InChI=1S/C13H17N/c1-4-6-12-7-9-13(10-8-12)14-11(3)5-2/h2,7-11,14H,4,6H2,1,3H3. The molecule has 0 spiro atoms. The Labute approximate surface area is 86.5 Å². The number of terminal acetylenes is 1. The van der Waals surface area contributed by atoms with E-state index in [1.807, 2.05) is 6.92 Å². The quantitative estimate of drug-likeness (QED) is 0.714. The monoisotopic (exact) mass is 187 g/mol. The van der Waals surface area contributed by atoms with Crippen molar-refractivity contribution in [1.29, 1.82) is 0 Å². The fourth-order valence-corrected chi connectivity index (χ4v) is 1.35. The van der Waals surface area contributed by atoms with Crippen LogP contribution < -0.4 is 5.32 Å². The lowest BCUT2D eigenvalue weighted by atomic mass is 10.1. The summed E-state index contributed by atoms with van der Waals surface area (Å²) in [5.41, 5.74) is 2.47. The minimum Gasteiger partial charge on any atom is -0.372 e. The summed E-state index contributed by atoms with van der Waals surface area (Å²) in [4.78, 5) is 0. The summed E-state index contributed by atoms with van der Waals surface area (Å²) in [5.74, 6) is 2.64. The number of benzene rings is 1.